The van der Waals surface area contributed by atoms with E-state index < -0.39 is 0 Å². The molecule has 1 aromatic carbocycles. The topological polar surface area (TPSA) is 61.9 Å². The van der Waals surface area contributed by atoms with Gasteiger partial charge in [0.1, 0.15) is 19.0 Å². The number of hydrogen-bond donors (Lipinski definition) is 1. The molecule has 162 valence electrons. The number of anilines is 1. The molecule has 0 radical (unpaired) electrons. The van der Waals surface area contributed by atoms with Crippen LogP contribution < -0.4 is 10.2 Å². The van der Waals surface area contributed by atoms with Crippen molar-refractivity contribution >= 4 is 17.5 Å². The monoisotopic (exact) mass is 407 g/mol. The molecule has 2 rings (SSSR count). The normalized spacial score (nSPS) is 15.3. The zero-order valence-electron chi connectivity index (χ0n) is 17.7. The second-order valence-electron chi connectivity index (χ2n) is 7.63. The molecule has 1 aliphatic heterocycles. The Hall–Kier alpha value is -2.15. The predicted molar refractivity (Wildman–Crippen MR) is 112 cm³/mol. The Bertz CT molecular complexity index is 648. The molecule has 0 unspecified atom stereocenters. The molecular weight excluding hydrogens is 373 g/mol. The number of amides is 2. The Labute approximate surface area is 173 Å². The van der Waals surface area contributed by atoms with Gasteiger partial charge in [0.15, 0.2) is 0 Å². The number of carbonyl (C=O) groups excluding carboxylic acids is 2. The van der Waals surface area contributed by atoms with Gasteiger partial charge >= 0.3 is 0 Å². The Morgan fingerprint density at radius 2 is 1.83 bits per heavy atom. The van der Waals surface area contributed by atoms with Crippen molar-refractivity contribution in [1.82, 2.24) is 10.2 Å². The highest BCUT2D eigenvalue weighted by Gasteiger charge is 2.22. The number of rotatable bonds is 11. The van der Waals surface area contributed by atoms with E-state index in [4.69, 9.17) is 4.74 Å². The van der Waals surface area contributed by atoms with Gasteiger partial charge in [0.25, 0.3) is 0 Å². The number of nitrogens with one attached hydrogen (secondary N) is 1. The maximum Gasteiger partial charge on any atom is 0.248 e. The Kier molecular flexibility index (Phi) is 9.91. The summed E-state index contributed by atoms with van der Waals surface area (Å²) in [6.07, 6.45) is 5.66. The molecule has 0 bridgehead atoms. The van der Waals surface area contributed by atoms with Gasteiger partial charge < -0.3 is 19.9 Å². The highest BCUT2D eigenvalue weighted by Crippen LogP contribution is 2.20. The number of unbranched alkanes of at least 4 members (excludes halogenated alkanes) is 3. The number of piperazine rings is 1. The van der Waals surface area contributed by atoms with Crippen LogP contribution in [0.5, 0.6) is 0 Å². The lowest BCUT2D eigenvalue weighted by atomic mass is 10.1. The zero-order chi connectivity index (χ0) is 21.1. The van der Waals surface area contributed by atoms with Crippen LogP contribution in [0.2, 0.25) is 0 Å². The predicted octanol–water partition coefficient (Wildman–Crippen LogP) is 2.97. The molecule has 7 heteroatoms. The van der Waals surface area contributed by atoms with E-state index in [1.165, 1.54) is 25.3 Å². The van der Waals surface area contributed by atoms with Crippen molar-refractivity contribution in [1.29, 1.82) is 0 Å². The first-order valence-electron chi connectivity index (χ1n) is 10.7. The Balaban J connectivity index is 1.61. The number of carbonyl (C=O) groups is 2. The highest BCUT2D eigenvalue weighted by molar-refractivity contribution is 5.80. The fourth-order valence-electron chi connectivity index (χ4n) is 3.49. The van der Waals surface area contributed by atoms with Gasteiger partial charge in [-0.05, 0) is 25.5 Å². The van der Waals surface area contributed by atoms with Crippen molar-refractivity contribution in [3.05, 3.63) is 30.1 Å². The lowest BCUT2D eigenvalue weighted by molar-refractivity contribution is -0.138. The molecule has 6 nitrogen and oxygen atoms in total. The molecule has 2 amide bonds. The molecular formula is C22H34FN3O3. The lowest BCUT2D eigenvalue weighted by Crippen LogP contribution is -2.50. The van der Waals surface area contributed by atoms with Crippen LogP contribution in [0.1, 0.15) is 46.0 Å². The number of benzene rings is 1. The van der Waals surface area contributed by atoms with Crippen molar-refractivity contribution < 1.29 is 18.7 Å². The van der Waals surface area contributed by atoms with Crippen LogP contribution in [0.4, 0.5) is 10.1 Å². The number of halogens is 1. The van der Waals surface area contributed by atoms with Crippen LogP contribution >= 0.6 is 0 Å². The van der Waals surface area contributed by atoms with Crippen molar-refractivity contribution in [2.45, 2.75) is 52.0 Å². The molecule has 1 fully saturated rings. The molecule has 1 atom stereocenters. The molecule has 29 heavy (non-hydrogen) atoms. The van der Waals surface area contributed by atoms with Gasteiger partial charge in [-0.1, -0.05) is 44.7 Å². The summed E-state index contributed by atoms with van der Waals surface area (Å²) in [5, 5.41) is 2.91. The largest absolute Gasteiger partial charge is 0.366 e. The summed E-state index contributed by atoms with van der Waals surface area (Å²) in [6.45, 7) is 6.11. The van der Waals surface area contributed by atoms with E-state index in [0.29, 0.717) is 31.9 Å². The Morgan fingerprint density at radius 1 is 1.10 bits per heavy atom. The van der Waals surface area contributed by atoms with Crippen LogP contribution in [-0.2, 0) is 14.3 Å². The van der Waals surface area contributed by atoms with Gasteiger partial charge in [-0.3, -0.25) is 9.59 Å². The summed E-state index contributed by atoms with van der Waals surface area (Å²) in [7, 11) is 0. The molecule has 0 aromatic heterocycles. The van der Waals surface area contributed by atoms with E-state index in [0.717, 1.165) is 12.8 Å². The molecule has 1 saturated heterocycles. The van der Waals surface area contributed by atoms with Gasteiger partial charge in [-0.2, -0.15) is 0 Å². The van der Waals surface area contributed by atoms with Gasteiger partial charge in [-0.25, -0.2) is 4.39 Å². The average molecular weight is 408 g/mol. The summed E-state index contributed by atoms with van der Waals surface area (Å²) in [5.41, 5.74) is 0.566. The highest BCUT2D eigenvalue weighted by atomic mass is 19.1. The van der Waals surface area contributed by atoms with Crippen LogP contribution in [0.25, 0.3) is 0 Å². The molecule has 1 aliphatic rings. The lowest BCUT2D eigenvalue weighted by Gasteiger charge is -2.36. The number of nitrogens with zero attached hydrogens (tertiary/aromatic N) is 2. The maximum atomic E-state index is 13.9. The molecule has 0 aliphatic carbocycles. The van der Waals surface area contributed by atoms with Gasteiger partial charge in [0.2, 0.25) is 11.8 Å². The van der Waals surface area contributed by atoms with E-state index >= 15 is 0 Å². The van der Waals surface area contributed by atoms with E-state index in [9.17, 15) is 14.0 Å². The standard InChI is InChI=1S/C22H34FN3O3/c1-3-4-5-6-9-18(2)24-21(27)16-29-17-22(28)26-14-12-25(13-15-26)20-11-8-7-10-19(20)23/h7-8,10-11,18H,3-6,9,12-17H2,1-2H3,(H,24,27)/t18-/m0/s1. The summed E-state index contributed by atoms with van der Waals surface area (Å²) < 4.78 is 19.2. The van der Waals surface area contributed by atoms with Crippen LogP contribution in [-0.4, -0.2) is 62.1 Å². The second-order valence-corrected chi connectivity index (χ2v) is 7.63. The first kappa shape index (κ1) is 23.1. The van der Waals surface area contributed by atoms with Crippen LogP contribution in [0.3, 0.4) is 0 Å². The molecule has 1 N–H and O–H groups in total. The average Bonchev–Trinajstić information content (AvgIpc) is 2.71. The third-order valence-electron chi connectivity index (χ3n) is 5.18. The first-order chi connectivity index (χ1) is 14.0. The van der Waals surface area contributed by atoms with Crippen molar-refractivity contribution in [3.8, 4) is 0 Å². The van der Waals surface area contributed by atoms with Crippen molar-refractivity contribution in [2.24, 2.45) is 0 Å². The van der Waals surface area contributed by atoms with Crippen LogP contribution in [0, 0.1) is 5.82 Å². The third kappa shape index (κ3) is 8.01. The summed E-state index contributed by atoms with van der Waals surface area (Å²) >= 11 is 0. The number of hydrogen-bond acceptors (Lipinski definition) is 4. The van der Waals surface area contributed by atoms with E-state index in [1.54, 1.807) is 23.1 Å². The fourth-order valence-corrected chi connectivity index (χ4v) is 3.49. The fraction of sp³-hybridized carbons (Fsp3) is 0.636. The molecule has 0 saturated carbocycles. The minimum absolute atomic E-state index is 0.111. The van der Waals surface area contributed by atoms with E-state index in [-0.39, 0.29) is 36.9 Å². The smallest absolute Gasteiger partial charge is 0.248 e. The van der Waals surface area contributed by atoms with E-state index in [1.807, 2.05) is 11.8 Å². The summed E-state index contributed by atoms with van der Waals surface area (Å²) in [6, 6.07) is 6.78. The minimum atomic E-state index is -0.249. The quantitative estimate of drug-likeness (QED) is 0.573. The zero-order valence-corrected chi connectivity index (χ0v) is 17.7. The van der Waals surface area contributed by atoms with Gasteiger partial charge in [-0.15, -0.1) is 0 Å². The number of para-hydroxylation sites is 1. The second kappa shape index (κ2) is 12.4. The summed E-state index contributed by atoms with van der Waals surface area (Å²) in [5.74, 6) is -0.579. The number of ether oxygens (including phenoxy) is 1. The van der Waals surface area contributed by atoms with Gasteiger partial charge in [0.05, 0.1) is 5.69 Å². The summed E-state index contributed by atoms with van der Waals surface area (Å²) in [4.78, 5) is 27.9. The Morgan fingerprint density at radius 3 is 2.52 bits per heavy atom. The maximum absolute atomic E-state index is 13.9. The third-order valence-corrected chi connectivity index (χ3v) is 5.18. The van der Waals surface area contributed by atoms with Crippen molar-refractivity contribution in [3.63, 3.8) is 0 Å². The van der Waals surface area contributed by atoms with Crippen LogP contribution in [0.15, 0.2) is 24.3 Å². The molecule has 0 spiro atoms. The molecule has 1 heterocycles. The first-order valence-corrected chi connectivity index (χ1v) is 10.7. The SMILES string of the molecule is CCCCCC[C@H](C)NC(=O)COCC(=O)N1CCN(c2ccccc2F)CC1. The minimum Gasteiger partial charge on any atom is -0.366 e. The van der Waals surface area contributed by atoms with Crippen molar-refractivity contribution in [2.75, 3.05) is 44.3 Å². The van der Waals surface area contributed by atoms with Gasteiger partial charge in [0, 0.05) is 32.2 Å². The molecule has 1 aromatic rings. The van der Waals surface area contributed by atoms with E-state index in [2.05, 4.69) is 12.2 Å².